The highest BCUT2D eigenvalue weighted by Crippen LogP contribution is 2.09. The van der Waals surface area contributed by atoms with Crippen LogP contribution in [0.1, 0.15) is 16.3 Å². The summed E-state index contributed by atoms with van der Waals surface area (Å²) in [6.07, 6.45) is 0.291. The van der Waals surface area contributed by atoms with Crippen molar-refractivity contribution < 1.29 is 9.18 Å². The van der Waals surface area contributed by atoms with Crippen molar-refractivity contribution in [2.45, 2.75) is 19.9 Å². The zero-order chi connectivity index (χ0) is 13.0. The third-order valence-corrected chi connectivity index (χ3v) is 3.35. The van der Waals surface area contributed by atoms with E-state index in [0.717, 1.165) is 16.3 Å². The Bertz CT molecular complexity index is 536. The van der Waals surface area contributed by atoms with Gasteiger partial charge in [0.15, 0.2) is 0 Å². The number of thiazole rings is 1. The molecule has 94 valence electrons. The lowest BCUT2D eigenvalue weighted by molar-refractivity contribution is -0.120. The Morgan fingerprint density at radius 1 is 1.39 bits per heavy atom. The zero-order valence-electron chi connectivity index (χ0n) is 9.94. The molecule has 1 heterocycles. The predicted octanol–water partition coefficient (Wildman–Crippen LogP) is 2.45. The number of rotatable bonds is 4. The number of aromatic nitrogens is 1. The first kappa shape index (κ1) is 12.7. The number of hydrogen-bond acceptors (Lipinski definition) is 3. The Hall–Kier alpha value is -1.75. The van der Waals surface area contributed by atoms with Gasteiger partial charge in [0.25, 0.3) is 0 Å². The second kappa shape index (κ2) is 5.73. The molecular weight excluding hydrogens is 251 g/mol. The molecule has 1 aromatic heterocycles. The number of hydrogen-bond donors (Lipinski definition) is 1. The van der Waals surface area contributed by atoms with E-state index in [1.54, 1.807) is 12.1 Å². The molecule has 0 aliphatic carbocycles. The van der Waals surface area contributed by atoms with Gasteiger partial charge in [0.2, 0.25) is 5.91 Å². The van der Waals surface area contributed by atoms with Crippen molar-refractivity contribution in [1.82, 2.24) is 10.3 Å². The van der Waals surface area contributed by atoms with E-state index in [1.807, 2.05) is 12.3 Å². The maximum Gasteiger partial charge on any atom is 0.227 e. The van der Waals surface area contributed by atoms with Gasteiger partial charge < -0.3 is 5.32 Å². The molecule has 0 spiro atoms. The Kier molecular flexibility index (Phi) is 4.04. The molecule has 0 saturated heterocycles. The normalized spacial score (nSPS) is 10.3. The van der Waals surface area contributed by atoms with Gasteiger partial charge in [0.05, 0.1) is 6.42 Å². The third kappa shape index (κ3) is 3.63. The molecule has 0 fully saturated rings. The van der Waals surface area contributed by atoms with Crippen molar-refractivity contribution in [2.24, 2.45) is 0 Å². The molecule has 0 saturated carbocycles. The van der Waals surface area contributed by atoms with Gasteiger partial charge in [-0.1, -0.05) is 12.1 Å². The van der Waals surface area contributed by atoms with Crippen molar-refractivity contribution in [3.05, 3.63) is 51.7 Å². The fourth-order valence-electron chi connectivity index (χ4n) is 1.49. The fraction of sp³-hybridized carbons (Fsp3) is 0.231. The largest absolute Gasteiger partial charge is 0.352 e. The number of benzene rings is 1. The molecule has 5 heteroatoms. The first-order chi connectivity index (χ1) is 8.63. The molecule has 1 aromatic carbocycles. The Balaban J connectivity index is 1.83. The van der Waals surface area contributed by atoms with E-state index >= 15 is 0 Å². The van der Waals surface area contributed by atoms with Crippen molar-refractivity contribution in [2.75, 3.05) is 0 Å². The summed E-state index contributed by atoms with van der Waals surface area (Å²) in [5, 5.41) is 5.51. The summed E-state index contributed by atoms with van der Waals surface area (Å²) in [5.74, 6) is -0.350. The van der Waals surface area contributed by atoms with Crippen molar-refractivity contribution >= 4 is 17.2 Å². The summed E-state index contributed by atoms with van der Waals surface area (Å²) in [7, 11) is 0. The highest BCUT2D eigenvalue weighted by atomic mass is 32.1. The van der Waals surface area contributed by atoms with Gasteiger partial charge in [-0.3, -0.25) is 4.79 Å². The molecule has 0 unspecified atom stereocenters. The number of nitrogens with one attached hydrogen (secondary N) is 1. The van der Waals surface area contributed by atoms with Crippen LogP contribution in [0, 0.1) is 12.7 Å². The SMILES string of the molecule is Cc1csc(CC(=O)NCc2ccc(F)cc2)n1. The molecule has 2 aromatic rings. The van der Waals surface area contributed by atoms with Gasteiger partial charge in [0.1, 0.15) is 10.8 Å². The summed E-state index contributed by atoms with van der Waals surface area (Å²) in [6, 6.07) is 6.07. The van der Waals surface area contributed by atoms with Crippen LogP contribution in [0.25, 0.3) is 0 Å². The van der Waals surface area contributed by atoms with Crippen LogP contribution >= 0.6 is 11.3 Å². The van der Waals surface area contributed by atoms with Crippen LogP contribution in [-0.2, 0) is 17.8 Å². The number of carbonyl (C=O) groups excluding carboxylic acids is 1. The highest BCUT2D eigenvalue weighted by Gasteiger charge is 2.06. The summed E-state index contributed by atoms with van der Waals surface area (Å²) >= 11 is 1.48. The number of aryl methyl sites for hydroxylation is 1. The van der Waals surface area contributed by atoms with Crippen LogP contribution in [0.2, 0.25) is 0 Å². The number of amides is 1. The van der Waals surface area contributed by atoms with E-state index in [4.69, 9.17) is 0 Å². The van der Waals surface area contributed by atoms with Crippen molar-refractivity contribution in [3.63, 3.8) is 0 Å². The van der Waals surface area contributed by atoms with Gasteiger partial charge in [-0.15, -0.1) is 11.3 Å². The first-order valence-corrected chi connectivity index (χ1v) is 6.43. The summed E-state index contributed by atoms with van der Waals surface area (Å²) in [5.41, 5.74) is 1.81. The lowest BCUT2D eigenvalue weighted by Crippen LogP contribution is -2.24. The third-order valence-electron chi connectivity index (χ3n) is 2.38. The first-order valence-electron chi connectivity index (χ1n) is 5.55. The van der Waals surface area contributed by atoms with Gasteiger partial charge in [-0.25, -0.2) is 9.37 Å². The average molecular weight is 264 g/mol. The molecule has 0 radical (unpaired) electrons. The molecule has 1 amide bonds. The highest BCUT2D eigenvalue weighted by molar-refractivity contribution is 7.09. The molecular formula is C13H13FN2OS. The topological polar surface area (TPSA) is 42.0 Å². The van der Waals surface area contributed by atoms with Gasteiger partial charge in [-0.05, 0) is 24.6 Å². The minimum atomic E-state index is -0.275. The maximum absolute atomic E-state index is 12.7. The van der Waals surface area contributed by atoms with Gasteiger partial charge in [-0.2, -0.15) is 0 Å². The monoisotopic (exact) mass is 264 g/mol. The van der Waals surface area contributed by atoms with E-state index in [-0.39, 0.29) is 11.7 Å². The summed E-state index contributed by atoms with van der Waals surface area (Å²) in [6.45, 7) is 2.31. The Morgan fingerprint density at radius 2 is 2.11 bits per heavy atom. The molecule has 2 rings (SSSR count). The van der Waals surface area contributed by atoms with Crippen LogP contribution in [-0.4, -0.2) is 10.9 Å². The molecule has 0 bridgehead atoms. The molecule has 1 N–H and O–H groups in total. The average Bonchev–Trinajstić information content (AvgIpc) is 2.74. The standard InChI is InChI=1S/C13H13FN2OS/c1-9-8-18-13(16-9)6-12(17)15-7-10-2-4-11(14)5-3-10/h2-5,8H,6-7H2,1H3,(H,15,17). The van der Waals surface area contributed by atoms with Gasteiger partial charge >= 0.3 is 0 Å². The number of carbonyl (C=O) groups is 1. The molecule has 18 heavy (non-hydrogen) atoms. The Labute approximate surface area is 109 Å². The molecule has 0 aliphatic rings. The number of halogens is 1. The minimum Gasteiger partial charge on any atom is -0.352 e. The van der Waals surface area contributed by atoms with Crippen LogP contribution in [0.15, 0.2) is 29.6 Å². The molecule has 0 atom stereocenters. The summed E-state index contributed by atoms with van der Waals surface area (Å²) in [4.78, 5) is 15.9. The minimum absolute atomic E-state index is 0.0753. The predicted molar refractivity (Wildman–Crippen MR) is 68.8 cm³/mol. The van der Waals surface area contributed by atoms with Gasteiger partial charge in [0, 0.05) is 17.6 Å². The lowest BCUT2D eigenvalue weighted by atomic mass is 10.2. The van der Waals surface area contributed by atoms with E-state index in [9.17, 15) is 9.18 Å². The van der Waals surface area contributed by atoms with Crippen LogP contribution in [0.5, 0.6) is 0 Å². The smallest absolute Gasteiger partial charge is 0.227 e. The van der Waals surface area contributed by atoms with Crippen LogP contribution in [0.3, 0.4) is 0 Å². The molecule has 0 aliphatic heterocycles. The van der Waals surface area contributed by atoms with Crippen molar-refractivity contribution in [1.29, 1.82) is 0 Å². The van der Waals surface area contributed by atoms with E-state index < -0.39 is 0 Å². The zero-order valence-corrected chi connectivity index (χ0v) is 10.8. The lowest BCUT2D eigenvalue weighted by Gasteiger charge is -2.04. The second-order valence-corrected chi connectivity index (χ2v) is 4.91. The van der Waals surface area contributed by atoms with Crippen LogP contribution < -0.4 is 5.32 Å². The summed E-state index contributed by atoms with van der Waals surface area (Å²) < 4.78 is 12.7. The van der Waals surface area contributed by atoms with Crippen LogP contribution in [0.4, 0.5) is 4.39 Å². The van der Waals surface area contributed by atoms with E-state index in [0.29, 0.717) is 13.0 Å². The van der Waals surface area contributed by atoms with E-state index in [1.165, 1.54) is 23.5 Å². The number of nitrogens with zero attached hydrogens (tertiary/aromatic N) is 1. The van der Waals surface area contributed by atoms with E-state index in [2.05, 4.69) is 10.3 Å². The fourth-order valence-corrected chi connectivity index (χ4v) is 2.26. The molecule has 3 nitrogen and oxygen atoms in total. The quantitative estimate of drug-likeness (QED) is 0.921. The Morgan fingerprint density at radius 3 is 2.72 bits per heavy atom. The maximum atomic E-state index is 12.7. The second-order valence-electron chi connectivity index (χ2n) is 3.96. The van der Waals surface area contributed by atoms with Crippen molar-refractivity contribution in [3.8, 4) is 0 Å².